The molecule has 2 rings (SSSR count). The van der Waals surface area contributed by atoms with Crippen molar-refractivity contribution in [2.24, 2.45) is 5.73 Å². The van der Waals surface area contributed by atoms with Crippen LogP contribution in [0.2, 0.25) is 0 Å². The number of carbonyl (C=O) groups is 1. The maximum Gasteiger partial charge on any atom is 0.241 e. The van der Waals surface area contributed by atoms with Crippen molar-refractivity contribution in [1.29, 1.82) is 5.26 Å². The number of benzene rings is 1. The topological polar surface area (TPSA) is 82.2 Å². The third kappa shape index (κ3) is 5.20. The summed E-state index contributed by atoms with van der Waals surface area (Å²) in [5.74, 6) is -0.126. The first-order chi connectivity index (χ1) is 11.2. The number of hydrogen-bond acceptors (Lipinski definition) is 4. The van der Waals surface area contributed by atoms with Crippen LogP contribution in [0.4, 0.5) is 0 Å². The Morgan fingerprint density at radius 2 is 2.17 bits per heavy atom. The number of unbranched alkanes of at least 4 members (excludes halogenated alkanes) is 1. The van der Waals surface area contributed by atoms with Crippen LogP contribution in [-0.2, 0) is 11.3 Å². The molecule has 0 fully saturated rings. The van der Waals surface area contributed by atoms with E-state index in [1.165, 1.54) is 10.5 Å². The number of nitrogens with two attached hydrogens (primary N) is 1. The average Bonchev–Trinajstić information content (AvgIpc) is 3.06. The van der Waals surface area contributed by atoms with E-state index in [0.717, 1.165) is 25.9 Å². The van der Waals surface area contributed by atoms with Crippen LogP contribution in [0.25, 0.3) is 0 Å². The molecular formula is C18H24N4O. The summed E-state index contributed by atoms with van der Waals surface area (Å²) in [4.78, 5) is 13.8. The van der Waals surface area contributed by atoms with Gasteiger partial charge in [0.25, 0.3) is 0 Å². The van der Waals surface area contributed by atoms with Crippen LogP contribution in [0.15, 0.2) is 42.5 Å². The molecule has 0 aliphatic carbocycles. The maximum atomic E-state index is 12.2. The monoisotopic (exact) mass is 312 g/mol. The van der Waals surface area contributed by atoms with Crippen molar-refractivity contribution in [2.45, 2.75) is 37.9 Å². The van der Waals surface area contributed by atoms with Gasteiger partial charge in [0, 0.05) is 13.1 Å². The minimum atomic E-state index is -0.514. The van der Waals surface area contributed by atoms with Crippen LogP contribution in [0, 0.1) is 11.3 Å². The second-order valence-corrected chi connectivity index (χ2v) is 5.76. The molecule has 1 aromatic rings. The van der Waals surface area contributed by atoms with Crippen LogP contribution in [0.1, 0.15) is 24.8 Å². The van der Waals surface area contributed by atoms with Crippen molar-refractivity contribution in [3.63, 3.8) is 0 Å². The van der Waals surface area contributed by atoms with E-state index in [2.05, 4.69) is 23.5 Å². The van der Waals surface area contributed by atoms with Crippen LogP contribution >= 0.6 is 0 Å². The van der Waals surface area contributed by atoms with Crippen molar-refractivity contribution >= 4 is 5.91 Å². The third-order valence-corrected chi connectivity index (χ3v) is 3.98. The fourth-order valence-corrected chi connectivity index (χ4v) is 2.64. The molecule has 0 spiro atoms. The quantitative estimate of drug-likeness (QED) is 0.564. The lowest BCUT2D eigenvalue weighted by molar-refractivity contribution is -0.132. The lowest BCUT2D eigenvalue weighted by Gasteiger charge is -2.23. The largest absolute Gasteiger partial charge is 0.320 e. The molecule has 1 aliphatic heterocycles. The van der Waals surface area contributed by atoms with Crippen molar-refractivity contribution in [3.05, 3.63) is 48.0 Å². The highest BCUT2D eigenvalue weighted by molar-refractivity contribution is 5.83. The van der Waals surface area contributed by atoms with Gasteiger partial charge in [-0.15, -0.1) is 0 Å². The summed E-state index contributed by atoms with van der Waals surface area (Å²) >= 11 is 0. The molecule has 2 atom stereocenters. The normalized spacial score (nSPS) is 17.9. The van der Waals surface area contributed by atoms with Gasteiger partial charge in [0.2, 0.25) is 5.91 Å². The number of nitrogens with zero attached hydrogens (tertiary/aromatic N) is 2. The molecule has 1 unspecified atom stereocenters. The molecule has 1 amide bonds. The van der Waals surface area contributed by atoms with Crippen molar-refractivity contribution < 1.29 is 4.79 Å². The molecule has 0 bridgehead atoms. The third-order valence-electron chi connectivity index (χ3n) is 3.98. The molecular weight excluding hydrogens is 288 g/mol. The van der Waals surface area contributed by atoms with Crippen LogP contribution in [0.3, 0.4) is 0 Å². The zero-order chi connectivity index (χ0) is 16.5. The Morgan fingerprint density at radius 1 is 1.39 bits per heavy atom. The van der Waals surface area contributed by atoms with Crippen molar-refractivity contribution in [3.8, 4) is 6.07 Å². The Bertz CT molecular complexity index is 564. The van der Waals surface area contributed by atoms with Crippen molar-refractivity contribution in [2.75, 3.05) is 13.1 Å². The predicted molar refractivity (Wildman–Crippen MR) is 90.2 cm³/mol. The van der Waals surface area contributed by atoms with E-state index in [4.69, 9.17) is 11.0 Å². The SMILES string of the molecule is N#C[C@@H]1C=CCN1C(=O)C(N)CCCCNCc1ccccc1. The molecule has 1 aromatic carbocycles. The van der Waals surface area contributed by atoms with Gasteiger partial charge in [-0.3, -0.25) is 4.79 Å². The van der Waals surface area contributed by atoms with Crippen LogP contribution in [0.5, 0.6) is 0 Å². The fourth-order valence-electron chi connectivity index (χ4n) is 2.64. The summed E-state index contributed by atoms with van der Waals surface area (Å²) in [6, 6.07) is 11.4. The minimum Gasteiger partial charge on any atom is -0.320 e. The van der Waals surface area contributed by atoms with Gasteiger partial charge in [0.1, 0.15) is 6.04 Å². The molecule has 0 saturated carbocycles. The van der Waals surface area contributed by atoms with Crippen LogP contribution < -0.4 is 11.1 Å². The smallest absolute Gasteiger partial charge is 0.241 e. The van der Waals surface area contributed by atoms with Gasteiger partial charge in [0.15, 0.2) is 0 Å². The maximum absolute atomic E-state index is 12.2. The highest BCUT2D eigenvalue weighted by atomic mass is 16.2. The zero-order valence-corrected chi connectivity index (χ0v) is 13.3. The molecule has 5 nitrogen and oxygen atoms in total. The summed E-state index contributed by atoms with van der Waals surface area (Å²) in [6.45, 7) is 2.25. The van der Waals surface area contributed by atoms with E-state index in [1.54, 1.807) is 6.08 Å². The standard InChI is InChI=1S/C18H24N4O/c19-13-16-9-6-12-22(16)18(23)17(20)10-4-5-11-21-14-15-7-2-1-3-8-15/h1-3,6-9,16-17,21H,4-5,10-12,14,20H2/t16-,17?/m0/s1. The molecule has 122 valence electrons. The molecule has 0 saturated heterocycles. The Balaban J connectivity index is 1.59. The van der Waals surface area contributed by atoms with Gasteiger partial charge >= 0.3 is 0 Å². The molecule has 5 heteroatoms. The summed E-state index contributed by atoms with van der Waals surface area (Å²) in [7, 11) is 0. The van der Waals surface area contributed by atoms with E-state index in [1.807, 2.05) is 24.3 Å². The van der Waals surface area contributed by atoms with Crippen molar-refractivity contribution in [1.82, 2.24) is 10.2 Å². The number of nitriles is 1. The lowest BCUT2D eigenvalue weighted by Crippen LogP contribution is -2.45. The first kappa shape index (κ1) is 17.2. The molecule has 0 radical (unpaired) electrons. The van der Waals surface area contributed by atoms with Gasteiger partial charge in [-0.2, -0.15) is 5.26 Å². The zero-order valence-electron chi connectivity index (χ0n) is 13.3. The van der Waals surface area contributed by atoms with E-state index in [9.17, 15) is 4.79 Å². The van der Waals surface area contributed by atoms with Gasteiger partial charge in [-0.05, 0) is 31.0 Å². The second-order valence-electron chi connectivity index (χ2n) is 5.76. The Morgan fingerprint density at radius 3 is 2.91 bits per heavy atom. The predicted octanol–water partition coefficient (Wildman–Crippen LogP) is 1.56. The molecule has 23 heavy (non-hydrogen) atoms. The highest BCUT2D eigenvalue weighted by Crippen LogP contribution is 2.12. The minimum absolute atomic E-state index is 0.126. The molecule has 3 N–H and O–H groups in total. The van der Waals surface area contributed by atoms with Gasteiger partial charge in [-0.1, -0.05) is 42.8 Å². The summed E-state index contributed by atoms with van der Waals surface area (Å²) < 4.78 is 0. The molecule has 0 aromatic heterocycles. The summed E-state index contributed by atoms with van der Waals surface area (Å²) in [5, 5.41) is 12.4. The first-order valence-corrected chi connectivity index (χ1v) is 8.09. The number of carbonyl (C=O) groups excluding carboxylic acids is 1. The number of amides is 1. The second kappa shape index (κ2) is 9.09. The number of nitrogens with one attached hydrogen (secondary N) is 1. The Labute approximate surface area is 137 Å². The van der Waals surface area contributed by atoms with Gasteiger partial charge < -0.3 is 16.0 Å². The molecule has 1 heterocycles. The van der Waals surface area contributed by atoms with Crippen LogP contribution in [-0.4, -0.2) is 36.0 Å². The summed E-state index contributed by atoms with van der Waals surface area (Å²) in [6.07, 6.45) is 6.12. The van der Waals surface area contributed by atoms with Gasteiger partial charge in [0.05, 0.1) is 12.1 Å². The van der Waals surface area contributed by atoms with E-state index >= 15 is 0 Å². The average molecular weight is 312 g/mol. The fraction of sp³-hybridized carbons (Fsp3) is 0.444. The number of hydrogen-bond donors (Lipinski definition) is 2. The highest BCUT2D eigenvalue weighted by Gasteiger charge is 2.27. The van der Waals surface area contributed by atoms with E-state index in [-0.39, 0.29) is 5.91 Å². The van der Waals surface area contributed by atoms with E-state index < -0.39 is 12.1 Å². The lowest BCUT2D eigenvalue weighted by atomic mass is 10.1. The first-order valence-electron chi connectivity index (χ1n) is 8.09. The Hall–Kier alpha value is -2.16. The van der Waals surface area contributed by atoms with Gasteiger partial charge in [-0.25, -0.2) is 0 Å². The molecule has 1 aliphatic rings. The Kier molecular flexibility index (Phi) is 6.79. The summed E-state index contributed by atoms with van der Waals surface area (Å²) in [5.41, 5.74) is 7.24. The van der Waals surface area contributed by atoms with E-state index in [0.29, 0.717) is 13.0 Å². The number of rotatable bonds is 8.